The average molecular weight is 343 g/mol. The van der Waals surface area contributed by atoms with E-state index in [4.69, 9.17) is 15.2 Å². The molecule has 2 N–H and O–H groups in total. The van der Waals surface area contributed by atoms with Gasteiger partial charge in [-0.1, -0.05) is 12.1 Å². The van der Waals surface area contributed by atoms with E-state index < -0.39 is 0 Å². The molecule has 1 aliphatic heterocycles. The Labute approximate surface area is 144 Å². The first-order chi connectivity index (χ1) is 10.6. The van der Waals surface area contributed by atoms with Gasteiger partial charge in [0, 0.05) is 19.1 Å². The summed E-state index contributed by atoms with van der Waals surface area (Å²) in [5.41, 5.74) is 5.93. The van der Waals surface area contributed by atoms with E-state index in [-0.39, 0.29) is 24.4 Å². The molecular formula is C17H27ClN2O3. The van der Waals surface area contributed by atoms with E-state index in [1.54, 1.807) is 7.11 Å². The summed E-state index contributed by atoms with van der Waals surface area (Å²) in [6.45, 7) is 4.02. The molecule has 0 aliphatic carbocycles. The third-order valence-electron chi connectivity index (χ3n) is 4.28. The average Bonchev–Trinajstić information content (AvgIpc) is 2.55. The highest BCUT2D eigenvalue weighted by atomic mass is 35.5. The van der Waals surface area contributed by atoms with Crippen LogP contribution in [0.3, 0.4) is 0 Å². The van der Waals surface area contributed by atoms with E-state index in [9.17, 15) is 4.79 Å². The van der Waals surface area contributed by atoms with E-state index >= 15 is 0 Å². The molecule has 6 heteroatoms. The van der Waals surface area contributed by atoms with E-state index in [0.717, 1.165) is 25.9 Å². The molecule has 1 aliphatic rings. The van der Waals surface area contributed by atoms with Gasteiger partial charge in [-0.25, -0.2) is 0 Å². The maximum Gasteiger partial charge on any atom is 0.225 e. The summed E-state index contributed by atoms with van der Waals surface area (Å²) in [4.78, 5) is 14.1. The summed E-state index contributed by atoms with van der Waals surface area (Å²) >= 11 is 0. The van der Waals surface area contributed by atoms with Crippen molar-refractivity contribution in [1.29, 1.82) is 0 Å². The van der Waals surface area contributed by atoms with Gasteiger partial charge in [-0.2, -0.15) is 0 Å². The number of nitrogens with two attached hydrogens (primary N) is 1. The van der Waals surface area contributed by atoms with Crippen molar-refractivity contribution >= 4 is 18.3 Å². The number of amides is 1. The molecular weight excluding hydrogens is 316 g/mol. The molecule has 0 bridgehead atoms. The number of nitrogens with zero attached hydrogens (tertiary/aromatic N) is 1. The number of likely N-dealkylation sites (tertiary alicyclic amines) is 1. The number of carbonyl (C=O) groups excluding carboxylic acids is 1. The lowest BCUT2D eigenvalue weighted by Crippen LogP contribution is -2.42. The van der Waals surface area contributed by atoms with Crippen LogP contribution in [-0.2, 0) is 4.79 Å². The van der Waals surface area contributed by atoms with Crippen LogP contribution in [0, 0.1) is 5.92 Å². The lowest BCUT2D eigenvalue weighted by molar-refractivity contribution is -0.133. The first-order valence-electron chi connectivity index (χ1n) is 7.91. The lowest BCUT2D eigenvalue weighted by atomic mass is 9.91. The van der Waals surface area contributed by atoms with Crippen molar-refractivity contribution in [1.82, 2.24) is 4.90 Å². The van der Waals surface area contributed by atoms with E-state index in [2.05, 4.69) is 0 Å². The van der Waals surface area contributed by atoms with Gasteiger partial charge in [-0.15, -0.1) is 12.4 Å². The number of rotatable bonds is 6. The number of hydrogen-bond acceptors (Lipinski definition) is 4. The molecule has 1 aromatic rings. The van der Waals surface area contributed by atoms with Crippen LogP contribution in [0.15, 0.2) is 24.3 Å². The van der Waals surface area contributed by atoms with Gasteiger partial charge in [0.1, 0.15) is 0 Å². The second kappa shape index (κ2) is 9.63. The molecule has 0 saturated carbocycles. The fraction of sp³-hybridized carbons (Fsp3) is 0.588. The lowest BCUT2D eigenvalue weighted by Gasteiger charge is -2.33. The molecule has 1 saturated heterocycles. The summed E-state index contributed by atoms with van der Waals surface area (Å²) in [7, 11) is 1.61. The highest BCUT2D eigenvalue weighted by Crippen LogP contribution is 2.26. The van der Waals surface area contributed by atoms with Crippen LogP contribution in [0.2, 0.25) is 0 Å². The molecule has 1 fully saturated rings. The minimum atomic E-state index is 0. The van der Waals surface area contributed by atoms with Crippen molar-refractivity contribution < 1.29 is 14.3 Å². The molecule has 1 amide bonds. The third-order valence-corrected chi connectivity index (χ3v) is 4.28. The SMILES string of the molecule is COc1ccccc1OCCC(=O)N1CCC(C(C)N)CC1.Cl. The van der Waals surface area contributed by atoms with Gasteiger partial charge in [0.05, 0.1) is 20.1 Å². The van der Waals surface area contributed by atoms with Crippen LogP contribution >= 0.6 is 12.4 Å². The standard InChI is InChI=1S/C17H26N2O3.ClH/c1-13(18)14-7-10-19(11-8-14)17(20)9-12-22-16-6-4-3-5-15(16)21-2;/h3-6,13-14H,7-12,18H2,1-2H3;1H. The van der Waals surface area contributed by atoms with Gasteiger partial charge in [-0.3, -0.25) is 4.79 Å². The molecule has 0 aromatic heterocycles. The van der Waals surface area contributed by atoms with Gasteiger partial charge in [0.2, 0.25) is 5.91 Å². The Kier molecular flexibility index (Phi) is 8.20. The molecule has 1 heterocycles. The Morgan fingerprint density at radius 1 is 1.30 bits per heavy atom. The molecule has 1 aromatic carbocycles. The Morgan fingerprint density at radius 3 is 2.48 bits per heavy atom. The van der Waals surface area contributed by atoms with Crippen LogP contribution in [0.5, 0.6) is 11.5 Å². The maximum absolute atomic E-state index is 12.2. The number of benzene rings is 1. The van der Waals surface area contributed by atoms with Gasteiger partial charge in [0.15, 0.2) is 11.5 Å². The van der Waals surface area contributed by atoms with Crippen LogP contribution in [0.4, 0.5) is 0 Å². The molecule has 1 unspecified atom stereocenters. The number of para-hydroxylation sites is 2. The number of halogens is 1. The normalized spacial score (nSPS) is 16.4. The van der Waals surface area contributed by atoms with Gasteiger partial charge in [0.25, 0.3) is 0 Å². The summed E-state index contributed by atoms with van der Waals surface area (Å²) in [6, 6.07) is 7.68. The van der Waals surface area contributed by atoms with Crippen molar-refractivity contribution in [3.05, 3.63) is 24.3 Å². The zero-order valence-corrected chi connectivity index (χ0v) is 14.7. The van der Waals surface area contributed by atoms with E-state index in [0.29, 0.717) is 30.4 Å². The van der Waals surface area contributed by atoms with Gasteiger partial charge < -0.3 is 20.1 Å². The minimum absolute atomic E-state index is 0. The number of ether oxygens (including phenoxy) is 2. The largest absolute Gasteiger partial charge is 0.493 e. The number of methoxy groups -OCH3 is 1. The van der Waals surface area contributed by atoms with Crippen molar-refractivity contribution in [2.24, 2.45) is 11.7 Å². The zero-order chi connectivity index (χ0) is 15.9. The topological polar surface area (TPSA) is 64.8 Å². The van der Waals surface area contributed by atoms with Crippen molar-refractivity contribution in [3.63, 3.8) is 0 Å². The fourth-order valence-corrected chi connectivity index (χ4v) is 2.82. The van der Waals surface area contributed by atoms with Gasteiger partial charge >= 0.3 is 0 Å². The first-order valence-corrected chi connectivity index (χ1v) is 7.91. The first kappa shape index (κ1) is 19.6. The van der Waals surface area contributed by atoms with Crippen LogP contribution in [0.1, 0.15) is 26.2 Å². The zero-order valence-electron chi connectivity index (χ0n) is 13.9. The molecule has 0 radical (unpaired) electrons. The summed E-state index contributed by atoms with van der Waals surface area (Å²) in [6.07, 6.45) is 2.38. The Morgan fingerprint density at radius 2 is 1.91 bits per heavy atom. The number of hydrogen-bond donors (Lipinski definition) is 1. The predicted octanol–water partition coefficient (Wildman–Crippen LogP) is 2.47. The molecule has 1 atom stereocenters. The second-order valence-electron chi connectivity index (χ2n) is 5.83. The summed E-state index contributed by atoms with van der Waals surface area (Å²) in [5, 5.41) is 0. The quantitative estimate of drug-likeness (QED) is 0.862. The predicted molar refractivity (Wildman–Crippen MR) is 93.3 cm³/mol. The molecule has 2 rings (SSSR count). The smallest absolute Gasteiger partial charge is 0.225 e. The van der Waals surface area contributed by atoms with E-state index in [1.807, 2.05) is 36.1 Å². The molecule has 0 spiro atoms. The highest BCUT2D eigenvalue weighted by Gasteiger charge is 2.24. The second-order valence-corrected chi connectivity index (χ2v) is 5.83. The number of piperidine rings is 1. The van der Waals surface area contributed by atoms with Crippen LogP contribution < -0.4 is 15.2 Å². The highest BCUT2D eigenvalue weighted by molar-refractivity contribution is 5.85. The minimum Gasteiger partial charge on any atom is -0.493 e. The molecule has 23 heavy (non-hydrogen) atoms. The van der Waals surface area contributed by atoms with Crippen molar-refractivity contribution in [3.8, 4) is 11.5 Å². The summed E-state index contributed by atoms with van der Waals surface area (Å²) < 4.78 is 10.9. The van der Waals surface area contributed by atoms with Crippen LogP contribution in [0.25, 0.3) is 0 Å². The Bertz CT molecular complexity index is 488. The Hall–Kier alpha value is -1.46. The fourth-order valence-electron chi connectivity index (χ4n) is 2.82. The van der Waals surface area contributed by atoms with Crippen molar-refractivity contribution in [2.75, 3.05) is 26.8 Å². The van der Waals surface area contributed by atoms with Gasteiger partial charge in [-0.05, 0) is 37.8 Å². The monoisotopic (exact) mass is 342 g/mol. The summed E-state index contributed by atoms with van der Waals surface area (Å²) in [5.74, 6) is 2.05. The third kappa shape index (κ3) is 5.59. The molecule has 130 valence electrons. The van der Waals surface area contributed by atoms with Crippen molar-refractivity contribution in [2.45, 2.75) is 32.2 Å². The number of carbonyl (C=O) groups is 1. The van der Waals surface area contributed by atoms with Crippen LogP contribution in [-0.4, -0.2) is 43.7 Å². The Balaban J connectivity index is 0.00000264. The molecule has 5 nitrogen and oxygen atoms in total. The van der Waals surface area contributed by atoms with E-state index in [1.165, 1.54) is 0 Å². The maximum atomic E-state index is 12.2.